The van der Waals surface area contributed by atoms with Crippen LogP contribution < -0.4 is 5.73 Å². The van der Waals surface area contributed by atoms with Gasteiger partial charge in [-0.2, -0.15) is 0 Å². The molecule has 0 aliphatic carbocycles. The van der Waals surface area contributed by atoms with Crippen molar-refractivity contribution in [1.82, 2.24) is 14.9 Å². The Morgan fingerprint density at radius 2 is 1.32 bits per heavy atom. The molecule has 1 atom stereocenters. The van der Waals surface area contributed by atoms with E-state index in [0.29, 0.717) is 6.54 Å². The molecule has 1 aliphatic heterocycles. The number of hydrazine groups is 1. The van der Waals surface area contributed by atoms with Crippen LogP contribution in [0.15, 0.2) is 115 Å². The first kappa shape index (κ1) is 25.9. The normalized spacial score (nSPS) is 16.7. The summed E-state index contributed by atoms with van der Waals surface area (Å²) in [4.78, 5) is 15.0. The van der Waals surface area contributed by atoms with E-state index in [2.05, 4.69) is 124 Å². The molecule has 0 spiro atoms. The maximum Gasteiger partial charge on any atom is 0.237 e. The van der Waals surface area contributed by atoms with Gasteiger partial charge in [-0.25, -0.2) is 10.0 Å². The second-order valence-corrected chi connectivity index (χ2v) is 10.1. The third-order valence-corrected chi connectivity index (χ3v) is 7.52. The molecule has 1 amide bonds. The molecule has 0 saturated carbocycles. The van der Waals surface area contributed by atoms with Crippen LogP contribution in [0.4, 0.5) is 0 Å². The van der Waals surface area contributed by atoms with Gasteiger partial charge in [0.2, 0.25) is 5.91 Å². The minimum Gasteiger partial charge on any atom is -0.368 e. The molecule has 4 aromatic carbocycles. The van der Waals surface area contributed by atoms with E-state index in [1.54, 1.807) is 0 Å². The third-order valence-electron chi connectivity index (χ3n) is 7.52. The minimum absolute atomic E-state index is 0.235. The second kappa shape index (κ2) is 12.2. The van der Waals surface area contributed by atoms with Crippen molar-refractivity contribution in [3.63, 3.8) is 0 Å². The molecule has 1 fully saturated rings. The molecular weight excluding hydrogens is 468 g/mol. The van der Waals surface area contributed by atoms with Gasteiger partial charge in [0.1, 0.15) is 6.04 Å². The fourth-order valence-electron chi connectivity index (χ4n) is 5.46. The first-order chi connectivity index (χ1) is 18.6. The van der Waals surface area contributed by atoms with Gasteiger partial charge in [-0.3, -0.25) is 9.69 Å². The van der Waals surface area contributed by atoms with E-state index in [-0.39, 0.29) is 17.9 Å². The predicted octanol–water partition coefficient (Wildman–Crippen LogP) is 5.00. The van der Waals surface area contributed by atoms with Gasteiger partial charge in [0.15, 0.2) is 0 Å². The number of hydrogen-bond acceptors (Lipinski definition) is 4. The lowest BCUT2D eigenvalue weighted by Crippen LogP contribution is -2.62. The SMILES string of the molecule is CN(Cc1ccc(-c2ccccc2)cc1)N1CCN(CC(c2ccccc2)c2ccccc2)CC1C(N)=O. The van der Waals surface area contributed by atoms with E-state index < -0.39 is 0 Å². The minimum atomic E-state index is -0.371. The highest BCUT2D eigenvalue weighted by molar-refractivity contribution is 5.80. The van der Waals surface area contributed by atoms with Crippen molar-refractivity contribution in [3.05, 3.63) is 132 Å². The quantitative estimate of drug-likeness (QED) is 0.348. The molecule has 5 rings (SSSR count). The number of nitrogens with two attached hydrogens (primary N) is 1. The van der Waals surface area contributed by atoms with Crippen molar-refractivity contribution < 1.29 is 4.79 Å². The number of nitrogens with zero attached hydrogens (tertiary/aromatic N) is 3. The Morgan fingerprint density at radius 1 is 0.789 bits per heavy atom. The Morgan fingerprint density at radius 3 is 1.87 bits per heavy atom. The van der Waals surface area contributed by atoms with Gasteiger partial charge in [-0.05, 0) is 27.8 Å². The lowest BCUT2D eigenvalue weighted by molar-refractivity contribution is -0.140. The first-order valence-electron chi connectivity index (χ1n) is 13.3. The van der Waals surface area contributed by atoms with Crippen molar-refractivity contribution >= 4 is 5.91 Å². The number of carbonyl (C=O) groups is 1. The smallest absolute Gasteiger partial charge is 0.237 e. The summed E-state index contributed by atoms with van der Waals surface area (Å²) in [6.07, 6.45) is 0. The lowest BCUT2D eigenvalue weighted by atomic mass is 9.90. The number of hydrogen-bond donors (Lipinski definition) is 1. The molecule has 5 heteroatoms. The van der Waals surface area contributed by atoms with Gasteiger partial charge in [0, 0.05) is 45.7 Å². The summed E-state index contributed by atoms with van der Waals surface area (Å²) in [7, 11) is 2.05. The highest BCUT2D eigenvalue weighted by atomic mass is 16.1. The van der Waals surface area contributed by atoms with Crippen LogP contribution in [-0.4, -0.2) is 60.1 Å². The monoisotopic (exact) mass is 504 g/mol. The molecule has 1 heterocycles. The number of amides is 1. The average molecular weight is 505 g/mol. The molecule has 1 unspecified atom stereocenters. The summed E-state index contributed by atoms with van der Waals surface area (Å²) in [5.74, 6) is -0.0460. The zero-order valence-electron chi connectivity index (χ0n) is 22.0. The second-order valence-electron chi connectivity index (χ2n) is 10.1. The number of primary amides is 1. The maximum absolute atomic E-state index is 12.6. The van der Waals surface area contributed by atoms with E-state index >= 15 is 0 Å². The molecule has 1 saturated heterocycles. The van der Waals surface area contributed by atoms with Crippen LogP contribution >= 0.6 is 0 Å². The van der Waals surface area contributed by atoms with Gasteiger partial charge in [-0.15, -0.1) is 0 Å². The van der Waals surface area contributed by atoms with Crippen LogP contribution in [0.1, 0.15) is 22.6 Å². The highest BCUT2D eigenvalue weighted by Crippen LogP contribution is 2.27. The van der Waals surface area contributed by atoms with Gasteiger partial charge < -0.3 is 5.73 Å². The molecule has 5 nitrogen and oxygen atoms in total. The highest BCUT2D eigenvalue weighted by Gasteiger charge is 2.34. The first-order valence-corrected chi connectivity index (χ1v) is 13.3. The van der Waals surface area contributed by atoms with Crippen LogP contribution in [0.5, 0.6) is 0 Å². The molecule has 1 aliphatic rings. The topological polar surface area (TPSA) is 52.8 Å². The number of benzene rings is 4. The summed E-state index contributed by atoms with van der Waals surface area (Å²) in [5.41, 5.74) is 12.1. The van der Waals surface area contributed by atoms with Crippen molar-refractivity contribution in [3.8, 4) is 11.1 Å². The molecule has 0 radical (unpaired) electrons. The maximum atomic E-state index is 12.6. The van der Waals surface area contributed by atoms with Crippen molar-refractivity contribution in [2.45, 2.75) is 18.5 Å². The van der Waals surface area contributed by atoms with Crippen molar-refractivity contribution in [2.24, 2.45) is 5.73 Å². The van der Waals surface area contributed by atoms with E-state index in [1.165, 1.54) is 27.8 Å². The standard InChI is InChI=1S/C33H36N4O/c1-35(23-26-17-19-28(20-18-26)27-11-5-2-6-12-27)37-22-21-36(25-32(37)33(34)38)24-31(29-13-7-3-8-14-29)30-15-9-4-10-16-30/h2-20,31-32H,21-25H2,1H3,(H2,34,38). The number of rotatable bonds is 9. The zero-order valence-corrected chi connectivity index (χ0v) is 22.0. The Hall–Kier alpha value is -3.77. The van der Waals surface area contributed by atoms with E-state index in [1.807, 2.05) is 13.1 Å². The Kier molecular flexibility index (Phi) is 8.29. The van der Waals surface area contributed by atoms with Crippen LogP contribution in [0.2, 0.25) is 0 Å². The average Bonchev–Trinajstić information content (AvgIpc) is 2.97. The Bertz CT molecular complexity index is 1260. The van der Waals surface area contributed by atoms with Crippen LogP contribution in [0, 0.1) is 0 Å². The largest absolute Gasteiger partial charge is 0.368 e. The number of piperazine rings is 1. The molecule has 2 N–H and O–H groups in total. The van der Waals surface area contributed by atoms with Crippen LogP contribution in [-0.2, 0) is 11.3 Å². The van der Waals surface area contributed by atoms with Crippen molar-refractivity contribution in [1.29, 1.82) is 0 Å². The molecule has 38 heavy (non-hydrogen) atoms. The van der Waals surface area contributed by atoms with Gasteiger partial charge >= 0.3 is 0 Å². The lowest BCUT2D eigenvalue weighted by Gasteiger charge is -2.44. The summed E-state index contributed by atoms with van der Waals surface area (Å²) in [5, 5.41) is 4.29. The predicted molar refractivity (Wildman–Crippen MR) is 154 cm³/mol. The fourth-order valence-corrected chi connectivity index (χ4v) is 5.46. The number of carbonyl (C=O) groups excluding carboxylic acids is 1. The summed E-state index contributed by atoms with van der Waals surface area (Å²) >= 11 is 0. The van der Waals surface area contributed by atoms with E-state index in [9.17, 15) is 4.79 Å². The van der Waals surface area contributed by atoms with E-state index in [4.69, 9.17) is 5.73 Å². The summed E-state index contributed by atoms with van der Waals surface area (Å²) in [6, 6.07) is 39.9. The van der Waals surface area contributed by atoms with Crippen LogP contribution in [0.25, 0.3) is 11.1 Å². The van der Waals surface area contributed by atoms with Gasteiger partial charge in [-0.1, -0.05) is 115 Å². The molecular formula is C33H36N4O. The molecule has 0 bridgehead atoms. The van der Waals surface area contributed by atoms with Gasteiger partial charge in [0.05, 0.1) is 0 Å². The fraction of sp³-hybridized carbons (Fsp3) is 0.242. The van der Waals surface area contributed by atoms with Gasteiger partial charge in [0.25, 0.3) is 0 Å². The zero-order chi connectivity index (χ0) is 26.3. The summed E-state index contributed by atoms with van der Waals surface area (Å²) < 4.78 is 0. The molecule has 4 aromatic rings. The van der Waals surface area contributed by atoms with Crippen molar-refractivity contribution in [2.75, 3.05) is 33.2 Å². The molecule has 0 aromatic heterocycles. The Balaban J connectivity index is 1.26. The molecule has 194 valence electrons. The van der Waals surface area contributed by atoms with E-state index in [0.717, 1.165) is 26.2 Å². The third kappa shape index (κ3) is 6.20. The summed E-state index contributed by atoms with van der Waals surface area (Å²) in [6.45, 7) is 3.80. The Labute approximate surface area is 226 Å². The van der Waals surface area contributed by atoms with Crippen LogP contribution in [0.3, 0.4) is 0 Å².